The number of hydrogen-bond donors (Lipinski definition) is 3. The molecule has 0 aliphatic carbocycles. The second-order valence-electron chi connectivity index (χ2n) is 8.72. The van der Waals surface area contributed by atoms with Gasteiger partial charge in [0, 0.05) is 6.54 Å². The minimum Gasteiger partial charge on any atom is -0.493 e. The Bertz CT molecular complexity index is 1800. The maximum atomic E-state index is 12.2. The first-order chi connectivity index (χ1) is 20.4. The van der Waals surface area contributed by atoms with Gasteiger partial charge >= 0.3 is 11.6 Å². The maximum absolute atomic E-state index is 12.2. The van der Waals surface area contributed by atoms with E-state index in [0.29, 0.717) is 46.1 Å². The largest absolute Gasteiger partial charge is 0.493 e. The number of halogens is 1. The number of fused-ring (bicyclic) bond motifs is 1. The summed E-state index contributed by atoms with van der Waals surface area (Å²) in [4.78, 5) is 25.4. The summed E-state index contributed by atoms with van der Waals surface area (Å²) in [6.45, 7) is 0.471. The molecule has 214 valence electrons. The Morgan fingerprint density at radius 1 is 0.881 bits per heavy atom. The van der Waals surface area contributed by atoms with Crippen molar-refractivity contribution in [3.63, 3.8) is 0 Å². The van der Waals surface area contributed by atoms with Crippen molar-refractivity contribution < 1.29 is 18.6 Å². The molecule has 0 spiro atoms. The molecule has 0 fully saturated rings. The van der Waals surface area contributed by atoms with Gasteiger partial charge in [-0.2, -0.15) is 15.0 Å². The molecule has 42 heavy (non-hydrogen) atoms. The predicted octanol–water partition coefficient (Wildman–Crippen LogP) is 5.90. The first-order valence-electron chi connectivity index (χ1n) is 12.7. The van der Waals surface area contributed by atoms with E-state index in [0.717, 1.165) is 5.56 Å². The summed E-state index contributed by atoms with van der Waals surface area (Å²) in [5.74, 6) is 1.83. The molecule has 13 heteroatoms. The lowest BCUT2D eigenvalue weighted by atomic mass is 10.1. The first-order valence-corrected chi connectivity index (χ1v) is 13.4. The van der Waals surface area contributed by atoms with Crippen LogP contribution in [0.3, 0.4) is 0 Å². The van der Waals surface area contributed by atoms with Crippen molar-refractivity contribution in [2.75, 3.05) is 36.7 Å². The first kappa shape index (κ1) is 28.6. The molecule has 0 aliphatic rings. The molecule has 3 N–H and O–H groups in total. The summed E-state index contributed by atoms with van der Waals surface area (Å²) >= 11 is 11.7. The van der Waals surface area contributed by atoms with Gasteiger partial charge in [0.15, 0.2) is 16.6 Å². The third-order valence-corrected chi connectivity index (χ3v) is 6.45. The summed E-state index contributed by atoms with van der Waals surface area (Å²) < 4.78 is 22.0. The molecule has 3 aromatic carbocycles. The molecule has 0 bridgehead atoms. The van der Waals surface area contributed by atoms with Crippen LogP contribution in [-0.2, 0) is 6.42 Å². The van der Waals surface area contributed by atoms with Crippen molar-refractivity contribution in [2.45, 2.75) is 6.42 Å². The number of para-hydroxylation sites is 2. The van der Waals surface area contributed by atoms with Gasteiger partial charge in [0.2, 0.25) is 11.9 Å². The van der Waals surface area contributed by atoms with Gasteiger partial charge in [0.1, 0.15) is 11.3 Å². The maximum Gasteiger partial charge on any atom is 0.339 e. The number of aromatic nitrogens is 3. The minimum atomic E-state index is -0.575. The zero-order chi connectivity index (χ0) is 29.5. The molecular formula is C29H25ClN6O5S. The van der Waals surface area contributed by atoms with Crippen LogP contribution in [0.25, 0.3) is 11.0 Å². The van der Waals surface area contributed by atoms with Gasteiger partial charge in [0.05, 0.1) is 36.4 Å². The minimum absolute atomic E-state index is 0.0718. The Morgan fingerprint density at radius 3 is 2.45 bits per heavy atom. The quantitative estimate of drug-likeness (QED) is 0.129. The molecule has 11 nitrogen and oxygen atoms in total. The standard InChI is InChI=1S/C29H25ClN6O5S/c1-38-22-12-11-17(15-24(22)39-2)13-14-31-26-33-27(36-29(42)32-20-9-5-4-8-19(20)30)35-28(34-26)41-23-16-25(37)40-21-10-6-3-7-18(21)23/h3-12,15-16H,13-14H2,1-2H3,(H3,31,32,33,34,35,36,42). The van der Waals surface area contributed by atoms with E-state index in [1.165, 1.54) is 6.07 Å². The summed E-state index contributed by atoms with van der Waals surface area (Å²) in [5.41, 5.74) is 1.41. The molecule has 5 aromatic rings. The van der Waals surface area contributed by atoms with Crippen LogP contribution in [0.15, 0.2) is 82.0 Å². The fraction of sp³-hybridized carbons (Fsp3) is 0.138. The Kier molecular flexibility index (Phi) is 8.95. The number of anilines is 3. The van der Waals surface area contributed by atoms with Crippen LogP contribution in [0.4, 0.5) is 17.6 Å². The number of hydrogen-bond acceptors (Lipinski definition) is 10. The molecule has 0 saturated heterocycles. The predicted molar refractivity (Wildman–Crippen MR) is 165 cm³/mol. The highest BCUT2D eigenvalue weighted by Crippen LogP contribution is 2.29. The molecular weight excluding hydrogens is 580 g/mol. The van der Waals surface area contributed by atoms with Gasteiger partial charge in [-0.3, -0.25) is 0 Å². The second-order valence-corrected chi connectivity index (χ2v) is 9.53. The summed E-state index contributed by atoms with van der Waals surface area (Å²) in [5, 5.41) is 10.4. The van der Waals surface area contributed by atoms with Crippen LogP contribution in [0.5, 0.6) is 23.3 Å². The van der Waals surface area contributed by atoms with E-state index >= 15 is 0 Å². The van der Waals surface area contributed by atoms with E-state index < -0.39 is 5.63 Å². The van der Waals surface area contributed by atoms with E-state index in [1.54, 1.807) is 50.6 Å². The molecule has 0 atom stereocenters. The van der Waals surface area contributed by atoms with Crippen molar-refractivity contribution in [1.82, 2.24) is 15.0 Å². The molecule has 0 saturated carbocycles. The van der Waals surface area contributed by atoms with Crippen molar-refractivity contribution in [2.24, 2.45) is 0 Å². The van der Waals surface area contributed by atoms with E-state index in [4.69, 9.17) is 42.4 Å². The smallest absolute Gasteiger partial charge is 0.339 e. The van der Waals surface area contributed by atoms with Crippen molar-refractivity contribution >= 4 is 57.5 Å². The van der Waals surface area contributed by atoms with Crippen LogP contribution in [0, 0.1) is 0 Å². The molecule has 2 heterocycles. The monoisotopic (exact) mass is 604 g/mol. The summed E-state index contributed by atoms with van der Waals surface area (Å²) in [7, 11) is 3.18. The highest BCUT2D eigenvalue weighted by molar-refractivity contribution is 7.80. The van der Waals surface area contributed by atoms with Crippen LogP contribution < -0.4 is 35.8 Å². The summed E-state index contributed by atoms with van der Waals surface area (Å²) in [6.07, 6.45) is 0.627. The zero-order valence-corrected chi connectivity index (χ0v) is 24.1. The number of benzene rings is 3. The number of ether oxygens (including phenoxy) is 3. The SMILES string of the molecule is COc1ccc(CCNc2nc(NC(=S)Nc3ccccc3Cl)nc(Oc3cc(=O)oc4ccccc34)n2)cc1OC. The van der Waals surface area contributed by atoms with Crippen molar-refractivity contribution in [3.8, 4) is 23.3 Å². The van der Waals surface area contributed by atoms with Gasteiger partial charge in [0.25, 0.3) is 0 Å². The molecule has 0 radical (unpaired) electrons. The lowest BCUT2D eigenvalue weighted by molar-refractivity contribution is 0.354. The fourth-order valence-corrected chi connectivity index (χ4v) is 4.36. The number of methoxy groups -OCH3 is 2. The van der Waals surface area contributed by atoms with E-state index in [9.17, 15) is 4.79 Å². The molecule has 5 rings (SSSR count). The molecule has 0 aliphatic heterocycles. The molecule has 2 aromatic heterocycles. The Hall–Kier alpha value is -4.94. The third kappa shape index (κ3) is 7.03. The second kappa shape index (κ2) is 13.1. The highest BCUT2D eigenvalue weighted by atomic mass is 35.5. The number of thiocarbonyl (C=S) groups is 1. The number of rotatable bonds is 10. The van der Waals surface area contributed by atoms with Crippen molar-refractivity contribution in [3.05, 3.63) is 93.8 Å². The van der Waals surface area contributed by atoms with E-state index in [1.807, 2.05) is 30.3 Å². The Labute approximate surface area is 250 Å². The number of nitrogens with one attached hydrogen (secondary N) is 3. The average Bonchev–Trinajstić information content (AvgIpc) is 2.98. The van der Waals surface area contributed by atoms with Gasteiger partial charge < -0.3 is 34.6 Å². The van der Waals surface area contributed by atoms with Gasteiger partial charge in [-0.25, -0.2) is 4.79 Å². The van der Waals surface area contributed by atoms with Gasteiger partial charge in [-0.15, -0.1) is 0 Å². The molecule has 0 amide bonds. The van der Waals surface area contributed by atoms with Crippen molar-refractivity contribution in [1.29, 1.82) is 0 Å². The van der Waals surface area contributed by atoms with Gasteiger partial charge in [-0.05, 0) is 60.6 Å². The van der Waals surface area contributed by atoms with Gasteiger partial charge in [-0.1, -0.05) is 41.9 Å². The molecule has 0 unspecified atom stereocenters. The van der Waals surface area contributed by atoms with Crippen LogP contribution >= 0.6 is 23.8 Å². The normalized spacial score (nSPS) is 10.6. The average molecular weight is 605 g/mol. The number of nitrogens with zero attached hydrogens (tertiary/aromatic N) is 3. The van der Waals surface area contributed by atoms with Crippen LogP contribution in [0.1, 0.15) is 5.56 Å². The zero-order valence-electron chi connectivity index (χ0n) is 22.5. The van der Waals surface area contributed by atoms with E-state index in [2.05, 4.69) is 30.9 Å². The van der Waals surface area contributed by atoms with Crippen LogP contribution in [0.2, 0.25) is 5.02 Å². The topological polar surface area (TPSA) is 133 Å². The Morgan fingerprint density at radius 2 is 1.64 bits per heavy atom. The van der Waals surface area contributed by atoms with E-state index in [-0.39, 0.29) is 28.8 Å². The summed E-state index contributed by atoms with van der Waals surface area (Å²) in [6, 6.07) is 21.0. The van der Waals surface area contributed by atoms with Crippen LogP contribution in [-0.4, -0.2) is 40.8 Å². The highest BCUT2D eigenvalue weighted by Gasteiger charge is 2.14. The Balaban J connectivity index is 1.39. The lowest BCUT2D eigenvalue weighted by Gasteiger charge is -2.13. The lowest BCUT2D eigenvalue weighted by Crippen LogP contribution is -2.21. The fourth-order valence-electron chi connectivity index (χ4n) is 3.97. The third-order valence-electron chi connectivity index (χ3n) is 5.92.